The molecule has 0 spiro atoms. The van der Waals surface area contributed by atoms with Gasteiger partial charge in [0.1, 0.15) is 5.75 Å². The molecule has 0 radical (unpaired) electrons. The van der Waals surface area contributed by atoms with Gasteiger partial charge >= 0.3 is 0 Å². The van der Waals surface area contributed by atoms with Crippen molar-refractivity contribution < 1.29 is 14.4 Å². The van der Waals surface area contributed by atoms with Crippen LogP contribution in [0.25, 0.3) is 0 Å². The van der Waals surface area contributed by atoms with E-state index in [1.807, 2.05) is 6.92 Å². The topological polar surface area (TPSA) is 86.5 Å². The molecule has 0 atom stereocenters. The molecule has 1 heterocycles. The van der Waals surface area contributed by atoms with E-state index in [-0.39, 0.29) is 11.4 Å². The number of nitrogens with one attached hydrogen (secondary N) is 1. The first-order chi connectivity index (χ1) is 10.1. The summed E-state index contributed by atoms with van der Waals surface area (Å²) in [6.45, 7) is 2.72. The van der Waals surface area contributed by atoms with Crippen molar-refractivity contribution in [3.8, 4) is 17.2 Å². The molecular formula is C14H15N3O4. The first-order valence-corrected chi connectivity index (χ1v) is 6.33. The number of nitrogens with zero attached hydrogens (tertiary/aromatic N) is 2. The Morgan fingerprint density at radius 1 is 1.29 bits per heavy atom. The second-order valence-corrected chi connectivity index (χ2v) is 4.13. The fourth-order valence-electron chi connectivity index (χ4n) is 1.76. The lowest BCUT2D eigenvalue weighted by atomic mass is 10.3. The molecule has 2 rings (SSSR count). The van der Waals surface area contributed by atoms with E-state index in [1.165, 1.54) is 31.5 Å². The summed E-state index contributed by atoms with van der Waals surface area (Å²) < 4.78 is 10.8. The molecule has 110 valence electrons. The van der Waals surface area contributed by atoms with Crippen molar-refractivity contribution in [3.63, 3.8) is 0 Å². The lowest BCUT2D eigenvalue weighted by Crippen LogP contribution is -1.98. The normalized spacial score (nSPS) is 10.0. The number of rotatable bonds is 6. The third-order valence-corrected chi connectivity index (χ3v) is 2.68. The van der Waals surface area contributed by atoms with E-state index in [0.717, 1.165) is 12.2 Å². The second kappa shape index (κ2) is 6.56. The average molecular weight is 289 g/mol. The average Bonchev–Trinajstić information content (AvgIpc) is 2.48. The molecule has 7 nitrogen and oxygen atoms in total. The van der Waals surface area contributed by atoms with Crippen LogP contribution in [0.1, 0.15) is 6.92 Å². The van der Waals surface area contributed by atoms with E-state index in [1.54, 1.807) is 12.3 Å². The maximum absolute atomic E-state index is 10.8. The number of pyridine rings is 1. The molecule has 0 aliphatic carbocycles. The minimum atomic E-state index is -0.486. The Bertz CT molecular complexity index is 646. The van der Waals surface area contributed by atoms with Crippen LogP contribution in [0.2, 0.25) is 0 Å². The quantitative estimate of drug-likeness (QED) is 0.649. The van der Waals surface area contributed by atoms with Gasteiger partial charge in [0.05, 0.1) is 36.2 Å². The van der Waals surface area contributed by atoms with Gasteiger partial charge in [0, 0.05) is 18.7 Å². The van der Waals surface area contributed by atoms with Gasteiger partial charge in [-0.3, -0.25) is 15.1 Å². The molecule has 2 aromatic rings. The summed E-state index contributed by atoms with van der Waals surface area (Å²) in [6.07, 6.45) is 3.19. The van der Waals surface area contributed by atoms with Crippen LogP contribution in [-0.2, 0) is 0 Å². The lowest BCUT2D eigenvalue weighted by molar-refractivity contribution is -0.384. The summed E-state index contributed by atoms with van der Waals surface area (Å²) >= 11 is 0. The fourth-order valence-corrected chi connectivity index (χ4v) is 1.76. The molecule has 0 saturated carbocycles. The van der Waals surface area contributed by atoms with Crippen LogP contribution in [0.4, 0.5) is 11.4 Å². The van der Waals surface area contributed by atoms with Gasteiger partial charge in [-0.25, -0.2) is 0 Å². The molecule has 0 aliphatic rings. The Hall–Kier alpha value is -2.83. The highest BCUT2D eigenvalue weighted by Crippen LogP contribution is 2.34. The minimum absolute atomic E-state index is 0.0680. The first kappa shape index (κ1) is 14.6. The van der Waals surface area contributed by atoms with Gasteiger partial charge in [0.15, 0.2) is 11.5 Å². The Morgan fingerprint density at radius 2 is 2.10 bits per heavy atom. The summed E-state index contributed by atoms with van der Waals surface area (Å²) in [4.78, 5) is 14.4. The third-order valence-electron chi connectivity index (χ3n) is 2.68. The molecule has 0 saturated heterocycles. The van der Waals surface area contributed by atoms with Gasteiger partial charge in [0.2, 0.25) is 0 Å². The molecule has 7 heteroatoms. The smallest absolute Gasteiger partial charge is 0.273 e. The highest BCUT2D eigenvalue weighted by Gasteiger charge is 2.13. The van der Waals surface area contributed by atoms with Crippen LogP contribution in [-0.4, -0.2) is 23.6 Å². The van der Waals surface area contributed by atoms with E-state index in [0.29, 0.717) is 11.5 Å². The van der Waals surface area contributed by atoms with Crippen LogP contribution in [0.5, 0.6) is 17.2 Å². The number of benzene rings is 1. The van der Waals surface area contributed by atoms with Crippen LogP contribution >= 0.6 is 0 Å². The summed E-state index contributed by atoms with van der Waals surface area (Å²) in [5, 5.41) is 13.9. The fraction of sp³-hybridized carbons (Fsp3) is 0.214. The van der Waals surface area contributed by atoms with Crippen LogP contribution < -0.4 is 14.8 Å². The predicted molar refractivity (Wildman–Crippen MR) is 78.1 cm³/mol. The Kier molecular flexibility index (Phi) is 4.55. The van der Waals surface area contributed by atoms with Crippen molar-refractivity contribution in [3.05, 3.63) is 46.8 Å². The maximum atomic E-state index is 10.8. The van der Waals surface area contributed by atoms with Gasteiger partial charge in [-0.15, -0.1) is 0 Å². The van der Waals surface area contributed by atoms with Crippen molar-refractivity contribution in [1.29, 1.82) is 0 Å². The standard InChI is InChI=1S/C14H15N3O4/c1-3-16-10-6-12(9-15-8-10)21-14-7-11(17(18)19)4-5-13(14)20-2/h4-9,16H,3H2,1-2H3. The van der Waals surface area contributed by atoms with E-state index in [2.05, 4.69) is 10.3 Å². The largest absolute Gasteiger partial charge is 0.493 e. The number of hydrogen-bond acceptors (Lipinski definition) is 6. The Labute approximate surface area is 121 Å². The van der Waals surface area contributed by atoms with Crippen LogP contribution in [0, 0.1) is 10.1 Å². The van der Waals surface area contributed by atoms with Gasteiger partial charge in [-0.2, -0.15) is 0 Å². The predicted octanol–water partition coefficient (Wildman–Crippen LogP) is 3.22. The molecule has 0 fully saturated rings. The number of ether oxygens (including phenoxy) is 2. The van der Waals surface area contributed by atoms with Crippen molar-refractivity contribution in [2.75, 3.05) is 19.0 Å². The second-order valence-electron chi connectivity index (χ2n) is 4.13. The number of nitro benzene ring substituents is 1. The summed E-state index contributed by atoms with van der Waals surface area (Å²) in [5.41, 5.74) is 0.737. The van der Waals surface area contributed by atoms with Crippen molar-refractivity contribution in [1.82, 2.24) is 4.98 Å². The molecular weight excluding hydrogens is 274 g/mol. The van der Waals surface area contributed by atoms with E-state index in [4.69, 9.17) is 9.47 Å². The lowest BCUT2D eigenvalue weighted by Gasteiger charge is -2.11. The zero-order valence-corrected chi connectivity index (χ0v) is 11.7. The number of non-ortho nitro benzene ring substituents is 1. The van der Waals surface area contributed by atoms with Crippen molar-refractivity contribution in [2.45, 2.75) is 6.92 Å². The first-order valence-electron chi connectivity index (χ1n) is 6.33. The number of hydrogen-bond donors (Lipinski definition) is 1. The van der Waals surface area contributed by atoms with Crippen LogP contribution in [0.15, 0.2) is 36.7 Å². The molecule has 21 heavy (non-hydrogen) atoms. The molecule has 0 bridgehead atoms. The highest BCUT2D eigenvalue weighted by atomic mass is 16.6. The Balaban J connectivity index is 2.31. The monoisotopic (exact) mass is 289 g/mol. The maximum Gasteiger partial charge on any atom is 0.273 e. The number of anilines is 1. The molecule has 0 amide bonds. The summed E-state index contributed by atoms with van der Waals surface area (Å²) in [6, 6.07) is 5.93. The molecule has 1 aromatic heterocycles. The number of aromatic nitrogens is 1. The SMILES string of the molecule is CCNc1cncc(Oc2cc([N+](=O)[O-])ccc2OC)c1. The zero-order valence-electron chi connectivity index (χ0n) is 11.7. The van der Waals surface area contributed by atoms with Gasteiger partial charge in [-0.1, -0.05) is 0 Å². The van der Waals surface area contributed by atoms with Crippen molar-refractivity contribution >= 4 is 11.4 Å². The Morgan fingerprint density at radius 3 is 2.76 bits per heavy atom. The van der Waals surface area contributed by atoms with Gasteiger partial charge in [-0.05, 0) is 13.0 Å². The van der Waals surface area contributed by atoms with Crippen molar-refractivity contribution in [2.24, 2.45) is 0 Å². The molecule has 1 N–H and O–H groups in total. The van der Waals surface area contributed by atoms with E-state index in [9.17, 15) is 10.1 Å². The number of nitro groups is 1. The molecule has 0 unspecified atom stereocenters. The van der Waals surface area contributed by atoms with Gasteiger partial charge < -0.3 is 14.8 Å². The van der Waals surface area contributed by atoms with Gasteiger partial charge in [0.25, 0.3) is 5.69 Å². The molecule has 0 aliphatic heterocycles. The summed E-state index contributed by atoms with van der Waals surface area (Å²) in [5.74, 6) is 1.14. The zero-order chi connectivity index (χ0) is 15.2. The minimum Gasteiger partial charge on any atom is -0.493 e. The van der Waals surface area contributed by atoms with Crippen LogP contribution in [0.3, 0.4) is 0 Å². The summed E-state index contributed by atoms with van der Waals surface area (Å²) in [7, 11) is 1.47. The highest BCUT2D eigenvalue weighted by molar-refractivity contribution is 5.52. The van der Waals surface area contributed by atoms with E-state index < -0.39 is 4.92 Å². The number of methoxy groups -OCH3 is 1. The third kappa shape index (κ3) is 3.59. The molecule has 1 aromatic carbocycles. The van der Waals surface area contributed by atoms with E-state index >= 15 is 0 Å².